The van der Waals surface area contributed by atoms with Crippen molar-refractivity contribution in [3.63, 3.8) is 0 Å². The fourth-order valence-electron chi connectivity index (χ4n) is 2.07. The molecule has 98 valence electrons. The predicted molar refractivity (Wildman–Crippen MR) is 83.0 cm³/mol. The Bertz CT molecular complexity index is 514. The second-order valence-corrected chi connectivity index (χ2v) is 4.91. The highest BCUT2D eigenvalue weighted by molar-refractivity contribution is 5.62. The van der Waals surface area contributed by atoms with Crippen LogP contribution in [0.15, 0.2) is 66.9 Å². The van der Waals surface area contributed by atoms with Crippen molar-refractivity contribution in [3.05, 3.63) is 78.0 Å². The van der Waals surface area contributed by atoms with Gasteiger partial charge in [-0.25, -0.2) is 0 Å². The van der Waals surface area contributed by atoms with Gasteiger partial charge in [0.1, 0.15) is 0 Å². The summed E-state index contributed by atoms with van der Waals surface area (Å²) in [6.07, 6.45) is 2.11. The van der Waals surface area contributed by atoms with Crippen molar-refractivity contribution in [2.45, 2.75) is 19.8 Å². The zero-order valence-electron chi connectivity index (χ0n) is 11.6. The number of hydrogen-bond donors (Lipinski definition) is 1. The molecule has 0 bridgehead atoms. The molecule has 0 saturated carbocycles. The first kappa shape index (κ1) is 13.4. The van der Waals surface area contributed by atoms with E-state index in [-0.39, 0.29) is 0 Å². The molecule has 0 amide bonds. The first-order chi connectivity index (χ1) is 9.27. The van der Waals surface area contributed by atoms with E-state index in [0.717, 1.165) is 6.54 Å². The van der Waals surface area contributed by atoms with Crippen molar-refractivity contribution in [1.82, 2.24) is 5.32 Å². The molecule has 0 spiro atoms. The van der Waals surface area contributed by atoms with E-state index in [1.165, 1.54) is 16.7 Å². The van der Waals surface area contributed by atoms with E-state index in [2.05, 4.69) is 80.0 Å². The largest absolute Gasteiger partial charge is 0.390 e. The average molecular weight is 251 g/mol. The van der Waals surface area contributed by atoms with Crippen LogP contribution in [0.3, 0.4) is 0 Å². The number of rotatable bonds is 5. The van der Waals surface area contributed by atoms with Crippen molar-refractivity contribution in [3.8, 4) is 0 Å². The van der Waals surface area contributed by atoms with E-state index in [1.54, 1.807) is 0 Å². The van der Waals surface area contributed by atoms with E-state index in [0.29, 0.717) is 5.92 Å². The summed E-state index contributed by atoms with van der Waals surface area (Å²) in [5.74, 6) is 0.515. The lowest BCUT2D eigenvalue weighted by Crippen LogP contribution is -2.14. The molecule has 2 aromatic rings. The minimum Gasteiger partial charge on any atom is -0.390 e. The summed E-state index contributed by atoms with van der Waals surface area (Å²) in [4.78, 5) is 0. The van der Waals surface area contributed by atoms with Gasteiger partial charge >= 0.3 is 0 Å². The molecule has 0 aliphatic heterocycles. The topological polar surface area (TPSA) is 12.0 Å². The van der Waals surface area contributed by atoms with Gasteiger partial charge in [-0.2, -0.15) is 0 Å². The Morgan fingerprint density at radius 3 is 2.21 bits per heavy atom. The predicted octanol–water partition coefficient (Wildman–Crippen LogP) is 4.44. The molecular formula is C18H21N. The molecule has 1 N–H and O–H groups in total. The SMILES string of the molecule is C/C(=C/NCC(C)c1ccccc1)c1ccccc1. The van der Waals surface area contributed by atoms with Gasteiger partial charge in [0.25, 0.3) is 0 Å². The molecule has 1 atom stereocenters. The second-order valence-electron chi connectivity index (χ2n) is 4.91. The van der Waals surface area contributed by atoms with Gasteiger partial charge in [0, 0.05) is 6.54 Å². The van der Waals surface area contributed by atoms with E-state index in [9.17, 15) is 0 Å². The molecule has 1 unspecified atom stereocenters. The number of allylic oxidation sites excluding steroid dienone is 1. The Morgan fingerprint density at radius 1 is 1.00 bits per heavy atom. The molecule has 19 heavy (non-hydrogen) atoms. The molecule has 1 nitrogen and oxygen atoms in total. The smallest absolute Gasteiger partial charge is 0.0207 e. The van der Waals surface area contributed by atoms with Crippen LogP contribution in [0.2, 0.25) is 0 Å². The van der Waals surface area contributed by atoms with Crippen LogP contribution in [0.4, 0.5) is 0 Å². The number of benzene rings is 2. The van der Waals surface area contributed by atoms with Gasteiger partial charge in [0.15, 0.2) is 0 Å². The second kappa shape index (κ2) is 6.79. The average Bonchev–Trinajstić information content (AvgIpc) is 2.49. The van der Waals surface area contributed by atoms with Crippen LogP contribution in [0, 0.1) is 0 Å². The molecule has 0 aliphatic carbocycles. The molecule has 0 aliphatic rings. The maximum atomic E-state index is 3.42. The molecule has 0 radical (unpaired) electrons. The van der Waals surface area contributed by atoms with Gasteiger partial charge in [-0.3, -0.25) is 0 Å². The minimum absolute atomic E-state index is 0.515. The minimum atomic E-state index is 0.515. The van der Waals surface area contributed by atoms with Crippen molar-refractivity contribution < 1.29 is 0 Å². The first-order valence-corrected chi connectivity index (χ1v) is 6.78. The highest BCUT2D eigenvalue weighted by Crippen LogP contribution is 2.14. The molecule has 0 aromatic heterocycles. The normalized spacial score (nSPS) is 13.1. The Balaban J connectivity index is 1.90. The summed E-state index contributed by atoms with van der Waals surface area (Å²) in [7, 11) is 0. The maximum Gasteiger partial charge on any atom is 0.0207 e. The van der Waals surface area contributed by atoms with Gasteiger partial charge in [-0.15, -0.1) is 0 Å². The lowest BCUT2D eigenvalue weighted by molar-refractivity contribution is 0.701. The Kier molecular flexibility index (Phi) is 4.79. The number of hydrogen-bond acceptors (Lipinski definition) is 1. The number of nitrogens with one attached hydrogen (secondary N) is 1. The summed E-state index contributed by atoms with van der Waals surface area (Å²) in [5, 5.41) is 3.42. The van der Waals surface area contributed by atoms with E-state index in [4.69, 9.17) is 0 Å². The van der Waals surface area contributed by atoms with Crippen molar-refractivity contribution in [2.24, 2.45) is 0 Å². The maximum absolute atomic E-state index is 3.42. The summed E-state index contributed by atoms with van der Waals surface area (Å²) in [5.41, 5.74) is 3.91. The fraction of sp³-hybridized carbons (Fsp3) is 0.222. The zero-order chi connectivity index (χ0) is 13.5. The molecule has 2 rings (SSSR count). The monoisotopic (exact) mass is 251 g/mol. The fourth-order valence-corrected chi connectivity index (χ4v) is 2.07. The Morgan fingerprint density at radius 2 is 1.58 bits per heavy atom. The van der Waals surface area contributed by atoms with Crippen LogP contribution < -0.4 is 5.32 Å². The molecule has 1 heteroatoms. The first-order valence-electron chi connectivity index (χ1n) is 6.78. The van der Waals surface area contributed by atoms with E-state index < -0.39 is 0 Å². The Labute approximate surface area is 116 Å². The molecule has 0 fully saturated rings. The van der Waals surface area contributed by atoms with Crippen LogP contribution in [-0.2, 0) is 0 Å². The molecule has 0 saturated heterocycles. The van der Waals surface area contributed by atoms with Crippen LogP contribution in [0.1, 0.15) is 30.9 Å². The lowest BCUT2D eigenvalue weighted by atomic mass is 10.0. The molecule has 2 aromatic carbocycles. The highest BCUT2D eigenvalue weighted by atomic mass is 14.8. The summed E-state index contributed by atoms with van der Waals surface area (Å²) >= 11 is 0. The van der Waals surface area contributed by atoms with Crippen LogP contribution in [0.25, 0.3) is 5.57 Å². The third-order valence-electron chi connectivity index (χ3n) is 3.34. The quantitative estimate of drug-likeness (QED) is 0.828. The highest BCUT2D eigenvalue weighted by Gasteiger charge is 2.02. The Hall–Kier alpha value is -2.02. The van der Waals surface area contributed by atoms with Gasteiger partial charge in [0.2, 0.25) is 0 Å². The lowest BCUT2D eigenvalue weighted by Gasteiger charge is -2.12. The van der Waals surface area contributed by atoms with Crippen LogP contribution in [-0.4, -0.2) is 6.54 Å². The van der Waals surface area contributed by atoms with Crippen LogP contribution >= 0.6 is 0 Å². The van der Waals surface area contributed by atoms with Crippen molar-refractivity contribution >= 4 is 5.57 Å². The standard InChI is InChI=1S/C18H21N/c1-15(17-9-5-3-6-10-17)13-19-14-16(2)18-11-7-4-8-12-18/h3-13,16,19H,14H2,1-2H3/b15-13-. The summed E-state index contributed by atoms with van der Waals surface area (Å²) in [6, 6.07) is 21.1. The van der Waals surface area contributed by atoms with Gasteiger partial charge in [-0.1, -0.05) is 67.6 Å². The van der Waals surface area contributed by atoms with Crippen molar-refractivity contribution in [1.29, 1.82) is 0 Å². The zero-order valence-corrected chi connectivity index (χ0v) is 11.6. The van der Waals surface area contributed by atoms with Gasteiger partial charge < -0.3 is 5.32 Å². The summed E-state index contributed by atoms with van der Waals surface area (Å²) in [6.45, 7) is 5.33. The van der Waals surface area contributed by atoms with Gasteiger partial charge in [-0.05, 0) is 35.7 Å². The van der Waals surface area contributed by atoms with Gasteiger partial charge in [0.05, 0.1) is 0 Å². The third kappa shape index (κ3) is 3.99. The molecular weight excluding hydrogens is 230 g/mol. The van der Waals surface area contributed by atoms with E-state index >= 15 is 0 Å². The van der Waals surface area contributed by atoms with Crippen LogP contribution in [0.5, 0.6) is 0 Å². The third-order valence-corrected chi connectivity index (χ3v) is 3.34. The molecule has 0 heterocycles. The van der Waals surface area contributed by atoms with E-state index in [1.807, 2.05) is 6.07 Å². The summed E-state index contributed by atoms with van der Waals surface area (Å²) < 4.78 is 0. The van der Waals surface area contributed by atoms with Crippen molar-refractivity contribution in [2.75, 3.05) is 6.54 Å².